The first kappa shape index (κ1) is 31.8. The average Bonchev–Trinajstić information content (AvgIpc) is 3.26. The molecule has 1 amide bonds. The number of hydrogen-bond donors (Lipinski definition) is 3. The molecule has 5 atom stereocenters. The van der Waals surface area contributed by atoms with Crippen LogP contribution in [0.15, 0.2) is 59.5 Å². The number of carbonyl (C=O) groups excluding carboxylic acids is 1. The molecular weight excluding hydrogens is 534 g/mol. The number of carbonyl (C=O) groups is 1. The van der Waals surface area contributed by atoms with Gasteiger partial charge in [-0.15, -0.1) is 0 Å². The van der Waals surface area contributed by atoms with Crippen LogP contribution < -0.4 is 10.6 Å². The number of benzene rings is 2. The molecule has 0 saturated carbocycles. The average molecular weight is 578 g/mol. The van der Waals surface area contributed by atoms with Crippen LogP contribution in [0.2, 0.25) is 0 Å². The number of aliphatic hydroxyl groups excluding tert-OH is 1. The van der Waals surface area contributed by atoms with Crippen LogP contribution in [-0.4, -0.2) is 81.8 Å². The molecule has 1 aliphatic heterocycles. The Kier molecular flexibility index (Phi) is 11.8. The quantitative estimate of drug-likeness (QED) is 0.312. The van der Waals surface area contributed by atoms with Crippen molar-refractivity contribution >= 4 is 21.8 Å². The van der Waals surface area contributed by atoms with Gasteiger partial charge in [0.15, 0.2) is 6.29 Å². The number of nitrogens with zero attached hydrogens (tertiary/aromatic N) is 1. The van der Waals surface area contributed by atoms with Crippen LogP contribution in [0.1, 0.15) is 33.3 Å². The van der Waals surface area contributed by atoms with Crippen LogP contribution in [-0.2, 0) is 30.7 Å². The number of anilines is 1. The number of rotatable bonds is 14. The van der Waals surface area contributed by atoms with Gasteiger partial charge < -0.3 is 30.0 Å². The Labute approximate surface area is 238 Å². The van der Waals surface area contributed by atoms with E-state index < -0.39 is 40.7 Å². The lowest BCUT2D eigenvalue weighted by Gasteiger charge is -2.31. The van der Waals surface area contributed by atoms with E-state index in [4.69, 9.17) is 14.2 Å². The second-order valence-electron chi connectivity index (χ2n) is 10.5. The Morgan fingerprint density at radius 2 is 1.80 bits per heavy atom. The Morgan fingerprint density at radius 1 is 1.12 bits per heavy atom. The van der Waals surface area contributed by atoms with Crippen molar-refractivity contribution in [1.29, 1.82) is 0 Å². The van der Waals surface area contributed by atoms with Crippen molar-refractivity contribution in [2.24, 2.45) is 11.8 Å². The third-order valence-corrected chi connectivity index (χ3v) is 8.68. The normalized spacial score (nSPS) is 20.9. The van der Waals surface area contributed by atoms with Gasteiger partial charge in [-0.3, -0.25) is 0 Å². The first-order valence-electron chi connectivity index (χ1n) is 13.7. The summed E-state index contributed by atoms with van der Waals surface area (Å²) in [4.78, 5) is 13.1. The molecular formula is C29H43N3O7S. The van der Waals surface area contributed by atoms with Crippen molar-refractivity contribution in [2.45, 2.75) is 63.6 Å². The number of amides is 1. The molecule has 0 bridgehead atoms. The SMILES string of the molecule is CCOC1OCC(OC(=O)NC(Cc2ccccc2)C(O)CN(CC(C)C)S(=O)(=O)c2ccc(NC)cc2)C1C. The Balaban J connectivity index is 1.79. The number of aliphatic hydroxyl groups is 1. The predicted molar refractivity (Wildman–Crippen MR) is 153 cm³/mol. The zero-order chi connectivity index (χ0) is 29.3. The van der Waals surface area contributed by atoms with Gasteiger partial charge in [-0.2, -0.15) is 4.31 Å². The molecule has 1 saturated heterocycles. The first-order chi connectivity index (χ1) is 19.0. The highest BCUT2D eigenvalue weighted by molar-refractivity contribution is 7.89. The topological polar surface area (TPSA) is 126 Å². The Morgan fingerprint density at radius 3 is 2.40 bits per heavy atom. The summed E-state index contributed by atoms with van der Waals surface area (Å²) < 4.78 is 45.3. The van der Waals surface area contributed by atoms with Gasteiger partial charge in [-0.1, -0.05) is 51.1 Å². The van der Waals surface area contributed by atoms with Crippen LogP contribution in [0.4, 0.5) is 10.5 Å². The van der Waals surface area contributed by atoms with Crippen LogP contribution in [0.3, 0.4) is 0 Å². The van der Waals surface area contributed by atoms with Crippen molar-refractivity contribution in [3.05, 3.63) is 60.2 Å². The molecule has 0 aromatic heterocycles. The highest BCUT2D eigenvalue weighted by Crippen LogP contribution is 2.25. The fraction of sp³-hybridized carbons (Fsp3) is 0.552. The van der Waals surface area contributed by atoms with Gasteiger partial charge in [0.25, 0.3) is 0 Å². The summed E-state index contributed by atoms with van der Waals surface area (Å²) in [6, 6.07) is 15.0. The van der Waals surface area contributed by atoms with E-state index in [1.54, 1.807) is 19.2 Å². The number of hydrogen-bond acceptors (Lipinski definition) is 8. The maximum Gasteiger partial charge on any atom is 0.407 e. The first-order valence-corrected chi connectivity index (χ1v) is 15.2. The van der Waals surface area contributed by atoms with E-state index in [0.29, 0.717) is 6.61 Å². The molecule has 3 rings (SSSR count). The second-order valence-corrected chi connectivity index (χ2v) is 12.4. The van der Waals surface area contributed by atoms with Gasteiger partial charge in [0.1, 0.15) is 6.10 Å². The third-order valence-electron chi connectivity index (χ3n) is 6.84. The summed E-state index contributed by atoms with van der Waals surface area (Å²) in [5, 5.41) is 17.2. The molecule has 11 heteroatoms. The third kappa shape index (κ3) is 8.65. The maximum atomic E-state index is 13.6. The van der Waals surface area contributed by atoms with E-state index in [9.17, 15) is 18.3 Å². The minimum absolute atomic E-state index is 0.00574. The van der Waals surface area contributed by atoms with Gasteiger partial charge in [0.05, 0.1) is 23.6 Å². The van der Waals surface area contributed by atoms with Gasteiger partial charge >= 0.3 is 6.09 Å². The van der Waals surface area contributed by atoms with E-state index >= 15 is 0 Å². The lowest BCUT2D eigenvalue weighted by Crippen LogP contribution is -2.51. The van der Waals surface area contributed by atoms with Gasteiger partial charge in [-0.25, -0.2) is 13.2 Å². The number of ether oxygens (including phenoxy) is 3. The molecule has 222 valence electrons. The molecule has 10 nitrogen and oxygen atoms in total. The van der Waals surface area contributed by atoms with Crippen LogP contribution in [0.25, 0.3) is 0 Å². The van der Waals surface area contributed by atoms with Crippen LogP contribution >= 0.6 is 0 Å². The van der Waals surface area contributed by atoms with E-state index in [1.165, 1.54) is 16.4 Å². The van der Waals surface area contributed by atoms with Crippen molar-refractivity contribution in [3.8, 4) is 0 Å². The fourth-order valence-corrected chi connectivity index (χ4v) is 6.23. The van der Waals surface area contributed by atoms with Crippen molar-refractivity contribution in [3.63, 3.8) is 0 Å². The van der Waals surface area contributed by atoms with Gasteiger partial charge in [0.2, 0.25) is 10.0 Å². The minimum atomic E-state index is -3.92. The minimum Gasteiger partial charge on any atom is -0.443 e. The Bertz CT molecular complexity index is 1160. The van der Waals surface area contributed by atoms with Crippen LogP contribution in [0, 0.1) is 11.8 Å². The van der Waals surface area contributed by atoms with Gasteiger partial charge in [0, 0.05) is 38.3 Å². The molecule has 2 aromatic carbocycles. The van der Waals surface area contributed by atoms with Gasteiger partial charge in [-0.05, 0) is 49.1 Å². The van der Waals surface area contributed by atoms with Crippen molar-refractivity contribution in [2.75, 3.05) is 38.7 Å². The van der Waals surface area contributed by atoms with Crippen LogP contribution in [0.5, 0.6) is 0 Å². The zero-order valence-electron chi connectivity index (χ0n) is 23.9. The molecule has 2 aromatic rings. The fourth-order valence-electron chi connectivity index (χ4n) is 4.60. The summed E-state index contributed by atoms with van der Waals surface area (Å²) in [5.41, 5.74) is 1.66. The largest absolute Gasteiger partial charge is 0.443 e. The van der Waals surface area contributed by atoms with E-state index in [1.807, 2.05) is 58.0 Å². The molecule has 3 N–H and O–H groups in total. The summed E-state index contributed by atoms with van der Waals surface area (Å²) in [6.07, 6.45) is -2.61. The summed E-state index contributed by atoms with van der Waals surface area (Å²) in [7, 11) is -2.16. The smallest absolute Gasteiger partial charge is 0.407 e. The van der Waals surface area contributed by atoms with E-state index in [-0.39, 0.29) is 42.8 Å². The summed E-state index contributed by atoms with van der Waals surface area (Å²) in [6.45, 7) is 8.26. The predicted octanol–water partition coefficient (Wildman–Crippen LogP) is 3.47. The molecule has 0 radical (unpaired) electrons. The lowest BCUT2D eigenvalue weighted by molar-refractivity contribution is -0.124. The monoisotopic (exact) mass is 577 g/mol. The van der Waals surface area contributed by atoms with E-state index in [2.05, 4.69) is 10.6 Å². The molecule has 1 fully saturated rings. The molecule has 5 unspecified atom stereocenters. The highest BCUT2D eigenvalue weighted by Gasteiger charge is 2.38. The summed E-state index contributed by atoms with van der Waals surface area (Å²) >= 11 is 0. The van der Waals surface area contributed by atoms with E-state index in [0.717, 1.165) is 11.3 Å². The molecule has 0 spiro atoms. The maximum absolute atomic E-state index is 13.6. The zero-order valence-corrected chi connectivity index (χ0v) is 24.8. The molecule has 40 heavy (non-hydrogen) atoms. The second kappa shape index (κ2) is 14.8. The standard InChI is InChI=1S/C29H43N3O7S/c1-6-37-28-21(4)27(19-38-28)39-29(34)31-25(16-22-10-8-7-9-11-22)26(33)18-32(17-20(2)3)40(35,36)24-14-12-23(30-5)13-15-24/h7-15,20-21,25-28,30,33H,6,16-19H2,1-5H3,(H,31,34). The molecule has 1 aliphatic rings. The Hall–Kier alpha value is -2.70. The number of sulfonamides is 1. The van der Waals surface area contributed by atoms with Crippen molar-refractivity contribution < 1.29 is 32.5 Å². The summed E-state index contributed by atoms with van der Waals surface area (Å²) in [5.74, 6) is -0.157. The van der Waals surface area contributed by atoms with Crippen molar-refractivity contribution in [1.82, 2.24) is 9.62 Å². The molecule has 1 heterocycles. The lowest BCUT2D eigenvalue weighted by atomic mass is 10.0. The molecule has 0 aliphatic carbocycles. The number of alkyl carbamates (subject to hydrolysis) is 1. The highest BCUT2D eigenvalue weighted by atomic mass is 32.2. The number of nitrogens with one attached hydrogen (secondary N) is 2.